The average molecular weight is 455 g/mol. The standard InChI is InChI=1S/C27H26N4O3/c1-3-30(27(33)21-13-10-16-23(17-21)34-2)19-26(32)28-25-18-24(20-11-6-4-7-12-20)29-31(25)22-14-8-5-9-15-22/h4-18H,3,19H2,1-2H3,(H,28,32). The molecule has 2 amide bonds. The van der Waals surface area contributed by atoms with Crippen LogP contribution in [-0.4, -0.2) is 46.7 Å². The van der Waals surface area contributed by atoms with E-state index in [4.69, 9.17) is 9.84 Å². The largest absolute Gasteiger partial charge is 0.497 e. The number of nitrogens with zero attached hydrogens (tertiary/aromatic N) is 3. The first-order chi connectivity index (χ1) is 16.6. The lowest BCUT2D eigenvalue weighted by Gasteiger charge is -2.20. The van der Waals surface area contributed by atoms with Crippen LogP contribution in [0.1, 0.15) is 17.3 Å². The van der Waals surface area contributed by atoms with Crippen LogP contribution in [0.2, 0.25) is 0 Å². The normalized spacial score (nSPS) is 10.5. The summed E-state index contributed by atoms with van der Waals surface area (Å²) in [6.07, 6.45) is 0. The molecule has 0 saturated heterocycles. The first-order valence-corrected chi connectivity index (χ1v) is 11.0. The third-order valence-electron chi connectivity index (χ3n) is 5.37. The van der Waals surface area contributed by atoms with Crippen molar-refractivity contribution in [1.29, 1.82) is 0 Å². The Kier molecular flexibility index (Phi) is 7.03. The van der Waals surface area contributed by atoms with Crippen LogP contribution in [0.4, 0.5) is 5.82 Å². The number of methoxy groups -OCH3 is 1. The fourth-order valence-corrected chi connectivity index (χ4v) is 3.61. The van der Waals surface area contributed by atoms with E-state index in [9.17, 15) is 9.59 Å². The monoisotopic (exact) mass is 454 g/mol. The van der Waals surface area contributed by atoms with Gasteiger partial charge in [-0.1, -0.05) is 54.6 Å². The van der Waals surface area contributed by atoms with Crippen LogP contribution < -0.4 is 10.1 Å². The molecule has 0 fully saturated rings. The molecule has 0 radical (unpaired) electrons. The molecule has 34 heavy (non-hydrogen) atoms. The number of nitrogens with one attached hydrogen (secondary N) is 1. The van der Waals surface area contributed by atoms with Crippen LogP contribution >= 0.6 is 0 Å². The van der Waals surface area contributed by atoms with E-state index in [1.165, 1.54) is 4.90 Å². The number of amides is 2. The van der Waals surface area contributed by atoms with Gasteiger partial charge < -0.3 is 15.0 Å². The molecular formula is C27H26N4O3. The van der Waals surface area contributed by atoms with Crippen LogP contribution in [0.5, 0.6) is 5.75 Å². The number of anilines is 1. The maximum absolute atomic E-state index is 13.0. The number of rotatable bonds is 8. The predicted octanol–water partition coefficient (Wildman–Crippen LogP) is 4.65. The van der Waals surface area contributed by atoms with Crippen molar-refractivity contribution >= 4 is 17.6 Å². The summed E-state index contributed by atoms with van der Waals surface area (Å²) in [4.78, 5) is 27.5. The third-order valence-corrected chi connectivity index (χ3v) is 5.37. The zero-order valence-electron chi connectivity index (χ0n) is 19.1. The third kappa shape index (κ3) is 5.15. The molecule has 7 nitrogen and oxygen atoms in total. The fourth-order valence-electron chi connectivity index (χ4n) is 3.61. The van der Waals surface area contributed by atoms with Gasteiger partial charge in [0.15, 0.2) is 0 Å². The molecule has 172 valence electrons. The maximum Gasteiger partial charge on any atom is 0.254 e. The smallest absolute Gasteiger partial charge is 0.254 e. The topological polar surface area (TPSA) is 76.5 Å². The number of carbonyl (C=O) groups is 2. The maximum atomic E-state index is 13.0. The van der Waals surface area contributed by atoms with Gasteiger partial charge in [-0.3, -0.25) is 9.59 Å². The summed E-state index contributed by atoms with van der Waals surface area (Å²) in [5.74, 6) is 0.569. The SMILES string of the molecule is CCN(CC(=O)Nc1cc(-c2ccccc2)nn1-c1ccccc1)C(=O)c1cccc(OC)c1. The molecule has 0 unspecified atom stereocenters. The zero-order chi connectivity index (χ0) is 23.9. The molecule has 0 spiro atoms. The number of para-hydroxylation sites is 1. The van der Waals surface area contributed by atoms with Gasteiger partial charge in [0.1, 0.15) is 18.1 Å². The Morgan fingerprint density at radius 3 is 2.32 bits per heavy atom. The molecule has 0 saturated carbocycles. The number of ether oxygens (including phenoxy) is 1. The van der Waals surface area contributed by atoms with Gasteiger partial charge in [0.05, 0.1) is 18.5 Å². The van der Waals surface area contributed by atoms with Crippen molar-refractivity contribution in [3.63, 3.8) is 0 Å². The van der Waals surface area contributed by atoms with Crippen molar-refractivity contribution in [2.75, 3.05) is 25.5 Å². The van der Waals surface area contributed by atoms with Crippen LogP contribution in [-0.2, 0) is 4.79 Å². The number of likely N-dealkylation sites (N-methyl/N-ethyl adjacent to an activating group) is 1. The van der Waals surface area contributed by atoms with Gasteiger partial charge in [-0.2, -0.15) is 5.10 Å². The van der Waals surface area contributed by atoms with E-state index in [1.54, 1.807) is 36.1 Å². The first kappa shape index (κ1) is 22.8. The van der Waals surface area contributed by atoms with Gasteiger partial charge in [0.2, 0.25) is 5.91 Å². The Morgan fingerprint density at radius 1 is 0.941 bits per heavy atom. The van der Waals surface area contributed by atoms with Gasteiger partial charge in [-0.15, -0.1) is 0 Å². The van der Waals surface area contributed by atoms with Crippen molar-refractivity contribution in [3.8, 4) is 22.7 Å². The molecule has 0 atom stereocenters. The van der Waals surface area contributed by atoms with E-state index < -0.39 is 0 Å². The van der Waals surface area contributed by atoms with Crippen LogP contribution in [0.25, 0.3) is 16.9 Å². The second kappa shape index (κ2) is 10.5. The second-order valence-electron chi connectivity index (χ2n) is 7.63. The first-order valence-electron chi connectivity index (χ1n) is 11.0. The number of hydrogen-bond donors (Lipinski definition) is 1. The lowest BCUT2D eigenvalue weighted by molar-refractivity contribution is -0.116. The lowest BCUT2D eigenvalue weighted by Crippen LogP contribution is -2.38. The highest BCUT2D eigenvalue weighted by Crippen LogP contribution is 2.25. The molecule has 0 bridgehead atoms. The molecule has 0 aliphatic rings. The second-order valence-corrected chi connectivity index (χ2v) is 7.63. The highest BCUT2D eigenvalue weighted by atomic mass is 16.5. The van der Waals surface area contributed by atoms with Gasteiger partial charge in [0, 0.05) is 23.7 Å². The summed E-state index contributed by atoms with van der Waals surface area (Å²) in [7, 11) is 1.55. The Hall–Kier alpha value is -4.39. The van der Waals surface area contributed by atoms with Crippen molar-refractivity contribution in [3.05, 3.63) is 96.6 Å². The molecular weight excluding hydrogens is 428 g/mol. The number of aromatic nitrogens is 2. The molecule has 7 heteroatoms. The van der Waals surface area contributed by atoms with Gasteiger partial charge in [0.25, 0.3) is 5.91 Å². The Bertz CT molecular complexity index is 1270. The van der Waals surface area contributed by atoms with Gasteiger partial charge in [-0.05, 0) is 37.3 Å². The molecule has 1 aromatic heterocycles. The van der Waals surface area contributed by atoms with E-state index in [0.29, 0.717) is 23.7 Å². The summed E-state index contributed by atoms with van der Waals surface area (Å²) >= 11 is 0. The molecule has 3 aromatic carbocycles. The zero-order valence-corrected chi connectivity index (χ0v) is 19.1. The van der Waals surface area contributed by atoms with Crippen LogP contribution in [0, 0.1) is 0 Å². The molecule has 0 aliphatic heterocycles. The number of carbonyl (C=O) groups excluding carboxylic acids is 2. The molecule has 4 aromatic rings. The average Bonchev–Trinajstić information content (AvgIpc) is 3.31. The molecule has 4 rings (SSSR count). The predicted molar refractivity (Wildman–Crippen MR) is 132 cm³/mol. The van der Waals surface area contributed by atoms with E-state index >= 15 is 0 Å². The summed E-state index contributed by atoms with van der Waals surface area (Å²) in [5, 5.41) is 7.65. The van der Waals surface area contributed by atoms with Gasteiger partial charge in [-0.25, -0.2) is 4.68 Å². The van der Waals surface area contributed by atoms with Crippen LogP contribution in [0.15, 0.2) is 91.0 Å². The van der Waals surface area contributed by atoms with Crippen molar-refractivity contribution < 1.29 is 14.3 Å². The fraction of sp³-hybridized carbons (Fsp3) is 0.148. The number of benzene rings is 3. The summed E-state index contributed by atoms with van der Waals surface area (Å²) in [6.45, 7) is 2.14. The van der Waals surface area contributed by atoms with E-state index in [2.05, 4.69) is 5.32 Å². The lowest BCUT2D eigenvalue weighted by atomic mass is 10.1. The Morgan fingerprint density at radius 2 is 1.65 bits per heavy atom. The molecule has 0 aliphatic carbocycles. The highest BCUT2D eigenvalue weighted by molar-refractivity contribution is 5.99. The van der Waals surface area contributed by atoms with Crippen molar-refractivity contribution in [2.24, 2.45) is 0 Å². The van der Waals surface area contributed by atoms with Crippen molar-refractivity contribution in [2.45, 2.75) is 6.92 Å². The minimum Gasteiger partial charge on any atom is -0.497 e. The molecule has 1 N–H and O–H groups in total. The quantitative estimate of drug-likeness (QED) is 0.421. The molecule has 1 heterocycles. The highest BCUT2D eigenvalue weighted by Gasteiger charge is 2.20. The van der Waals surface area contributed by atoms with Gasteiger partial charge >= 0.3 is 0 Å². The van der Waals surface area contributed by atoms with E-state index in [-0.39, 0.29) is 18.4 Å². The summed E-state index contributed by atoms with van der Waals surface area (Å²) in [5.41, 5.74) is 2.96. The van der Waals surface area contributed by atoms with Crippen molar-refractivity contribution in [1.82, 2.24) is 14.7 Å². The Balaban J connectivity index is 1.56. The van der Waals surface area contributed by atoms with Crippen LogP contribution in [0.3, 0.4) is 0 Å². The minimum atomic E-state index is -0.310. The summed E-state index contributed by atoms with van der Waals surface area (Å²) < 4.78 is 6.91. The Labute approximate surface area is 198 Å². The number of hydrogen-bond acceptors (Lipinski definition) is 4. The van der Waals surface area contributed by atoms with E-state index in [0.717, 1.165) is 16.9 Å². The summed E-state index contributed by atoms with van der Waals surface area (Å²) in [6, 6.07) is 28.1. The van der Waals surface area contributed by atoms with E-state index in [1.807, 2.05) is 73.7 Å². The minimum absolute atomic E-state index is 0.0901.